The summed E-state index contributed by atoms with van der Waals surface area (Å²) in [6.45, 7) is 6.10. The minimum atomic E-state index is -2.05. The van der Waals surface area contributed by atoms with Gasteiger partial charge in [0.2, 0.25) is 0 Å². The number of esters is 1. The summed E-state index contributed by atoms with van der Waals surface area (Å²) in [5.41, 5.74) is 1.27. The molecule has 0 saturated carbocycles. The summed E-state index contributed by atoms with van der Waals surface area (Å²) in [7, 11) is -0.730. The fourth-order valence-corrected chi connectivity index (χ4v) is 4.15. The van der Waals surface area contributed by atoms with Crippen LogP contribution in [0.25, 0.3) is 0 Å². The predicted octanol–water partition coefficient (Wildman–Crippen LogP) is 5.95. The molecule has 0 aromatic heterocycles. The van der Waals surface area contributed by atoms with Crippen LogP contribution in [0.5, 0.6) is 0 Å². The number of halogens is 2. The summed E-state index contributed by atoms with van der Waals surface area (Å²) in [6, 6.07) is 13.7. The van der Waals surface area contributed by atoms with Crippen molar-refractivity contribution in [3.8, 4) is 0 Å². The molecule has 0 bridgehead atoms. The first kappa shape index (κ1) is 22.6. The highest BCUT2D eigenvalue weighted by Crippen LogP contribution is 2.34. The van der Waals surface area contributed by atoms with Crippen LogP contribution < -0.4 is 0 Å². The lowest BCUT2D eigenvalue weighted by molar-refractivity contribution is -0.149. The normalized spacial score (nSPS) is 13.6. The highest BCUT2D eigenvalue weighted by Gasteiger charge is 2.36. The maximum Gasteiger partial charge on any atom is 0.312 e. The topological polar surface area (TPSA) is 52.6 Å². The van der Waals surface area contributed by atoms with Gasteiger partial charge in [-0.25, -0.2) is 0 Å². The minimum absolute atomic E-state index is 0.0356. The van der Waals surface area contributed by atoms with E-state index >= 15 is 0 Å². The summed E-state index contributed by atoms with van der Waals surface area (Å²) >= 11 is 11.9. The van der Waals surface area contributed by atoms with E-state index < -0.39 is 26.3 Å². The van der Waals surface area contributed by atoms with Gasteiger partial charge in [-0.2, -0.15) is 0 Å². The first-order valence-electron chi connectivity index (χ1n) is 8.90. The number of carbonyl (C=O) groups is 2. The van der Waals surface area contributed by atoms with E-state index in [1.54, 1.807) is 36.4 Å². The number of rotatable bonds is 8. The van der Waals surface area contributed by atoms with Gasteiger partial charge in [-0.1, -0.05) is 35.3 Å². The van der Waals surface area contributed by atoms with E-state index in [1.807, 2.05) is 31.8 Å². The number of hydrogen-bond donors (Lipinski definition) is 0. The molecule has 0 spiro atoms. The van der Waals surface area contributed by atoms with Crippen LogP contribution in [0.1, 0.15) is 28.4 Å². The standard InChI is InChI=1S/C21H24Cl2O4Si/c1-26-21(25)18(13-19(24)14-5-9-16(22)10-6-14)20(27-28(2,3)4)15-7-11-17(23)12-8-15/h5-12,18,20H,13H2,1-4H3. The molecule has 150 valence electrons. The van der Waals surface area contributed by atoms with Crippen molar-refractivity contribution in [2.45, 2.75) is 32.2 Å². The average Bonchev–Trinajstić information content (AvgIpc) is 2.64. The SMILES string of the molecule is COC(=O)C(CC(=O)c1ccc(Cl)cc1)C(O[Si](C)(C)C)c1ccc(Cl)cc1. The molecule has 2 atom stereocenters. The molecule has 0 fully saturated rings. The van der Waals surface area contributed by atoms with E-state index in [0.29, 0.717) is 15.6 Å². The number of hydrogen-bond acceptors (Lipinski definition) is 4. The van der Waals surface area contributed by atoms with E-state index in [2.05, 4.69) is 0 Å². The van der Waals surface area contributed by atoms with Crippen molar-refractivity contribution >= 4 is 43.3 Å². The lowest BCUT2D eigenvalue weighted by atomic mass is 9.89. The van der Waals surface area contributed by atoms with E-state index in [9.17, 15) is 9.59 Å². The number of benzene rings is 2. The molecule has 0 amide bonds. The quantitative estimate of drug-likeness (QED) is 0.290. The van der Waals surface area contributed by atoms with Gasteiger partial charge in [-0.15, -0.1) is 0 Å². The fourth-order valence-electron chi connectivity index (χ4n) is 2.83. The molecule has 0 aliphatic carbocycles. The van der Waals surface area contributed by atoms with Crippen molar-refractivity contribution in [2.24, 2.45) is 5.92 Å². The van der Waals surface area contributed by atoms with Gasteiger partial charge in [-0.3, -0.25) is 9.59 Å². The first-order valence-corrected chi connectivity index (χ1v) is 13.1. The average molecular weight is 439 g/mol. The Morgan fingerprint density at radius 2 is 1.43 bits per heavy atom. The molecule has 4 nitrogen and oxygen atoms in total. The summed E-state index contributed by atoms with van der Waals surface area (Å²) in [5, 5.41) is 1.13. The third-order valence-corrected chi connectivity index (χ3v) is 5.58. The molecule has 2 unspecified atom stereocenters. The number of methoxy groups -OCH3 is 1. The summed E-state index contributed by atoms with van der Waals surface area (Å²) in [5.74, 6) is -1.44. The van der Waals surface area contributed by atoms with Crippen molar-refractivity contribution < 1.29 is 18.8 Å². The first-order chi connectivity index (χ1) is 13.1. The summed E-state index contributed by atoms with van der Waals surface area (Å²) in [6.07, 6.45) is -0.640. The molecule has 0 heterocycles. The van der Waals surface area contributed by atoms with Gasteiger partial charge in [0.25, 0.3) is 0 Å². The highest BCUT2D eigenvalue weighted by molar-refractivity contribution is 6.69. The molecule has 0 radical (unpaired) electrons. The maximum absolute atomic E-state index is 12.8. The van der Waals surface area contributed by atoms with Crippen LogP contribution in [-0.4, -0.2) is 27.2 Å². The van der Waals surface area contributed by atoms with Gasteiger partial charge >= 0.3 is 5.97 Å². The third kappa shape index (κ3) is 6.45. The van der Waals surface area contributed by atoms with Crippen LogP contribution in [0, 0.1) is 5.92 Å². The van der Waals surface area contributed by atoms with Crippen molar-refractivity contribution in [2.75, 3.05) is 7.11 Å². The van der Waals surface area contributed by atoms with Crippen LogP contribution >= 0.6 is 23.2 Å². The van der Waals surface area contributed by atoms with Crippen LogP contribution in [-0.2, 0) is 14.0 Å². The van der Waals surface area contributed by atoms with Crippen molar-refractivity contribution in [1.82, 2.24) is 0 Å². The molecule has 2 aromatic rings. The van der Waals surface area contributed by atoms with Crippen molar-refractivity contribution in [3.05, 3.63) is 69.7 Å². The Bertz CT molecular complexity index is 814. The molecule has 2 aromatic carbocycles. The zero-order valence-electron chi connectivity index (χ0n) is 16.4. The van der Waals surface area contributed by atoms with Gasteiger partial charge in [0.15, 0.2) is 14.1 Å². The Balaban J connectivity index is 2.39. The van der Waals surface area contributed by atoms with E-state index in [1.165, 1.54) is 7.11 Å². The van der Waals surface area contributed by atoms with E-state index in [4.69, 9.17) is 32.4 Å². The fraction of sp³-hybridized carbons (Fsp3) is 0.333. The Labute approximate surface area is 176 Å². The number of ether oxygens (including phenoxy) is 1. The second-order valence-corrected chi connectivity index (χ2v) is 12.8. The molecule has 0 aliphatic heterocycles. The lowest BCUT2D eigenvalue weighted by Crippen LogP contribution is -2.35. The van der Waals surface area contributed by atoms with Crippen molar-refractivity contribution in [3.63, 3.8) is 0 Å². The monoisotopic (exact) mass is 438 g/mol. The Morgan fingerprint density at radius 1 is 0.929 bits per heavy atom. The third-order valence-electron chi connectivity index (χ3n) is 4.12. The van der Waals surface area contributed by atoms with Gasteiger partial charge in [0.05, 0.1) is 19.1 Å². The minimum Gasteiger partial charge on any atom is -0.469 e. The smallest absolute Gasteiger partial charge is 0.312 e. The second kappa shape index (κ2) is 9.70. The molecule has 0 aliphatic rings. The van der Waals surface area contributed by atoms with E-state index in [0.717, 1.165) is 5.56 Å². The highest BCUT2D eigenvalue weighted by atomic mass is 35.5. The van der Waals surface area contributed by atoms with Gasteiger partial charge in [0, 0.05) is 22.0 Å². The van der Waals surface area contributed by atoms with Gasteiger partial charge in [0.1, 0.15) is 0 Å². The van der Waals surface area contributed by atoms with Crippen molar-refractivity contribution in [1.29, 1.82) is 0 Å². The number of Topliss-reactive ketones (excluding diaryl/α,β-unsaturated/α-hetero) is 1. The molecule has 0 N–H and O–H groups in total. The van der Waals surface area contributed by atoms with Crippen LogP contribution in [0.4, 0.5) is 0 Å². The lowest BCUT2D eigenvalue weighted by Gasteiger charge is -2.31. The second-order valence-electron chi connectivity index (χ2n) is 7.47. The van der Waals surface area contributed by atoms with Crippen LogP contribution in [0.2, 0.25) is 29.7 Å². The van der Waals surface area contributed by atoms with Gasteiger partial charge in [-0.05, 0) is 61.6 Å². The maximum atomic E-state index is 12.8. The largest absolute Gasteiger partial charge is 0.469 e. The predicted molar refractivity (Wildman–Crippen MR) is 115 cm³/mol. The van der Waals surface area contributed by atoms with Gasteiger partial charge < -0.3 is 9.16 Å². The molecule has 7 heteroatoms. The summed E-state index contributed by atoms with van der Waals surface area (Å²) in [4.78, 5) is 25.4. The van der Waals surface area contributed by atoms with Crippen LogP contribution in [0.3, 0.4) is 0 Å². The number of ketones is 1. The molecule has 28 heavy (non-hydrogen) atoms. The molecule has 0 saturated heterocycles. The van der Waals surface area contributed by atoms with E-state index in [-0.39, 0.29) is 12.2 Å². The zero-order valence-corrected chi connectivity index (χ0v) is 18.9. The Kier molecular flexibility index (Phi) is 7.84. The molecular formula is C21H24Cl2O4Si. The Morgan fingerprint density at radius 3 is 1.89 bits per heavy atom. The number of carbonyl (C=O) groups excluding carboxylic acids is 2. The molecule has 2 rings (SSSR count). The zero-order chi connectivity index (χ0) is 20.9. The van der Waals surface area contributed by atoms with Crippen LogP contribution in [0.15, 0.2) is 48.5 Å². The Hall–Kier alpha value is -1.66. The summed E-state index contributed by atoms with van der Waals surface area (Å²) < 4.78 is 11.3. The molecular weight excluding hydrogens is 415 g/mol.